The first-order valence-electron chi connectivity index (χ1n) is 7.98. The molecule has 0 aliphatic rings. The minimum absolute atomic E-state index is 0.0504. The van der Waals surface area contributed by atoms with Crippen LogP contribution in [0.25, 0.3) is 0 Å². The molecule has 0 saturated carbocycles. The third-order valence-electron chi connectivity index (χ3n) is 3.30. The Morgan fingerprint density at radius 2 is 1.56 bits per heavy atom. The number of benzene rings is 1. The van der Waals surface area contributed by atoms with E-state index in [1.54, 1.807) is 0 Å². The lowest BCUT2D eigenvalue weighted by Gasteiger charge is -2.33. The van der Waals surface area contributed by atoms with Crippen LogP contribution in [-0.4, -0.2) is 38.7 Å². The fourth-order valence-corrected chi connectivity index (χ4v) is 3.47. The molecule has 0 fully saturated rings. The van der Waals surface area contributed by atoms with Crippen LogP contribution in [0.4, 0.5) is 0 Å². The van der Waals surface area contributed by atoms with Crippen LogP contribution >= 0.6 is 0 Å². The Kier molecular flexibility index (Phi) is 6.39. The van der Waals surface area contributed by atoms with E-state index in [0.29, 0.717) is 0 Å². The Hall–Kier alpha value is -1.89. The molecular weight excluding hydrogens is 342 g/mol. The summed E-state index contributed by atoms with van der Waals surface area (Å²) in [4.78, 5) is 24.1. The zero-order valence-corrected chi connectivity index (χ0v) is 16.5. The van der Waals surface area contributed by atoms with E-state index in [2.05, 4.69) is 26.1 Å². The fraction of sp³-hybridized carbons (Fsp3) is 0.556. The summed E-state index contributed by atoms with van der Waals surface area (Å²) in [5.41, 5.74) is -0.178. The normalized spacial score (nSPS) is 12.6. The number of esters is 1. The lowest BCUT2D eigenvalue weighted by atomic mass is 9.82. The number of carbonyl (C=O) groups excluding carboxylic acids is 2. The Balaban J connectivity index is 2.60. The van der Waals surface area contributed by atoms with Crippen molar-refractivity contribution in [3.63, 3.8) is 0 Å². The van der Waals surface area contributed by atoms with Crippen LogP contribution in [0.15, 0.2) is 29.2 Å². The Morgan fingerprint density at radius 3 is 2.00 bits per heavy atom. The van der Waals surface area contributed by atoms with Crippen LogP contribution in [0.1, 0.15) is 51.4 Å². The fourth-order valence-electron chi connectivity index (χ4n) is 2.84. The third kappa shape index (κ3) is 7.69. The molecule has 0 atom stereocenters. The predicted octanol–water partition coefficient (Wildman–Crippen LogP) is 2.58. The van der Waals surface area contributed by atoms with Crippen LogP contribution in [0, 0.1) is 5.41 Å². The molecule has 0 radical (unpaired) electrons. The minimum atomic E-state index is -3.32. The molecule has 1 aromatic rings. The molecule has 0 aromatic heterocycles. The zero-order chi connectivity index (χ0) is 19.5. The molecule has 0 saturated heterocycles. The average Bonchev–Trinajstić information content (AvgIpc) is 2.40. The Bertz CT molecular complexity index is 728. The quantitative estimate of drug-likeness (QED) is 0.779. The molecule has 0 aliphatic carbocycles. The summed E-state index contributed by atoms with van der Waals surface area (Å²) >= 11 is 0. The van der Waals surface area contributed by atoms with E-state index in [4.69, 9.17) is 4.74 Å². The maximum Gasteiger partial charge on any atom is 0.338 e. The Morgan fingerprint density at radius 1 is 1.04 bits per heavy atom. The molecule has 140 valence electrons. The summed E-state index contributed by atoms with van der Waals surface area (Å²) in [6.45, 7) is 9.70. The molecule has 0 bridgehead atoms. The summed E-state index contributed by atoms with van der Waals surface area (Å²) in [7, 11) is -3.32. The summed E-state index contributed by atoms with van der Waals surface area (Å²) in [6.07, 6.45) is 1.86. The van der Waals surface area contributed by atoms with Gasteiger partial charge in [-0.3, -0.25) is 4.79 Å². The molecule has 0 aliphatic heterocycles. The van der Waals surface area contributed by atoms with Crippen LogP contribution in [0.3, 0.4) is 0 Å². The molecule has 1 aromatic carbocycles. The number of hydrogen-bond acceptors (Lipinski definition) is 5. The van der Waals surface area contributed by atoms with Gasteiger partial charge in [0.25, 0.3) is 5.91 Å². The number of amides is 1. The van der Waals surface area contributed by atoms with Gasteiger partial charge in [0.15, 0.2) is 16.4 Å². The van der Waals surface area contributed by atoms with Gasteiger partial charge in [-0.2, -0.15) is 0 Å². The van der Waals surface area contributed by atoms with Crippen molar-refractivity contribution >= 4 is 21.7 Å². The zero-order valence-electron chi connectivity index (χ0n) is 15.7. The van der Waals surface area contributed by atoms with E-state index in [1.807, 2.05) is 13.8 Å². The van der Waals surface area contributed by atoms with E-state index in [-0.39, 0.29) is 28.4 Å². The Labute approximate surface area is 149 Å². The van der Waals surface area contributed by atoms with Crippen molar-refractivity contribution in [3.8, 4) is 0 Å². The van der Waals surface area contributed by atoms with Gasteiger partial charge in [0.05, 0.1) is 10.5 Å². The van der Waals surface area contributed by atoms with Crippen molar-refractivity contribution in [2.75, 3.05) is 12.9 Å². The first-order chi connectivity index (χ1) is 11.2. The number of rotatable bonds is 6. The summed E-state index contributed by atoms with van der Waals surface area (Å²) < 4.78 is 27.8. The molecule has 7 heteroatoms. The van der Waals surface area contributed by atoms with E-state index in [9.17, 15) is 18.0 Å². The number of nitrogens with one attached hydrogen (secondary N) is 1. The SMILES string of the molecule is CC(C)(C)CC(C)(C)NC(=O)COC(=O)c1ccc(S(C)(=O)=O)cc1. The molecule has 1 rings (SSSR count). The highest BCUT2D eigenvalue weighted by Crippen LogP contribution is 2.26. The van der Waals surface area contributed by atoms with Crippen molar-refractivity contribution < 1.29 is 22.7 Å². The second-order valence-electron chi connectivity index (χ2n) is 8.04. The number of ether oxygens (including phenoxy) is 1. The lowest BCUT2D eigenvalue weighted by molar-refractivity contribution is -0.126. The van der Waals surface area contributed by atoms with Crippen molar-refractivity contribution in [2.45, 2.75) is 51.5 Å². The van der Waals surface area contributed by atoms with Crippen LogP contribution in [0.5, 0.6) is 0 Å². The molecule has 6 nitrogen and oxygen atoms in total. The first kappa shape index (κ1) is 21.2. The molecule has 0 unspecified atom stereocenters. The molecule has 0 heterocycles. The van der Waals surface area contributed by atoms with Gasteiger partial charge in [-0.25, -0.2) is 13.2 Å². The summed E-state index contributed by atoms with van der Waals surface area (Å²) in [5.74, 6) is -1.06. The highest BCUT2D eigenvalue weighted by atomic mass is 32.2. The van der Waals surface area contributed by atoms with Gasteiger partial charge < -0.3 is 10.1 Å². The molecule has 1 amide bonds. The van der Waals surface area contributed by atoms with E-state index in [0.717, 1.165) is 12.7 Å². The summed E-state index contributed by atoms with van der Waals surface area (Å²) in [5, 5.41) is 2.85. The number of hydrogen-bond donors (Lipinski definition) is 1. The van der Waals surface area contributed by atoms with Crippen molar-refractivity contribution in [2.24, 2.45) is 5.41 Å². The highest BCUT2D eigenvalue weighted by Gasteiger charge is 2.27. The van der Waals surface area contributed by atoms with E-state index in [1.165, 1.54) is 24.3 Å². The van der Waals surface area contributed by atoms with E-state index < -0.39 is 21.3 Å². The van der Waals surface area contributed by atoms with E-state index >= 15 is 0 Å². The smallest absolute Gasteiger partial charge is 0.338 e. The number of sulfone groups is 1. The second kappa shape index (κ2) is 7.56. The molecule has 0 spiro atoms. The molecule has 1 N–H and O–H groups in total. The summed E-state index contributed by atoms with van der Waals surface area (Å²) in [6, 6.07) is 5.39. The van der Waals surface area contributed by atoms with Crippen LogP contribution in [-0.2, 0) is 19.4 Å². The monoisotopic (exact) mass is 369 g/mol. The van der Waals surface area contributed by atoms with Gasteiger partial charge in [0.1, 0.15) is 0 Å². The van der Waals surface area contributed by atoms with Crippen molar-refractivity contribution in [3.05, 3.63) is 29.8 Å². The standard InChI is InChI=1S/C18H27NO5S/c1-17(2,3)12-18(4,5)19-15(20)11-24-16(21)13-7-9-14(10-8-13)25(6,22)23/h7-10H,11-12H2,1-6H3,(H,19,20). The topological polar surface area (TPSA) is 89.5 Å². The first-order valence-corrected chi connectivity index (χ1v) is 9.87. The van der Waals surface area contributed by atoms with Crippen molar-refractivity contribution in [1.82, 2.24) is 5.32 Å². The highest BCUT2D eigenvalue weighted by molar-refractivity contribution is 7.90. The van der Waals surface area contributed by atoms with Gasteiger partial charge >= 0.3 is 5.97 Å². The van der Waals surface area contributed by atoms with Gasteiger partial charge in [-0.05, 0) is 49.9 Å². The minimum Gasteiger partial charge on any atom is -0.452 e. The molecular formula is C18H27NO5S. The van der Waals surface area contributed by atoms with Gasteiger partial charge in [-0.1, -0.05) is 20.8 Å². The maximum atomic E-state index is 12.0. The largest absolute Gasteiger partial charge is 0.452 e. The number of carbonyl (C=O) groups is 2. The average molecular weight is 369 g/mol. The predicted molar refractivity (Wildman–Crippen MR) is 96.1 cm³/mol. The van der Waals surface area contributed by atoms with Crippen molar-refractivity contribution in [1.29, 1.82) is 0 Å². The van der Waals surface area contributed by atoms with Crippen LogP contribution < -0.4 is 5.32 Å². The second-order valence-corrected chi connectivity index (χ2v) is 10.1. The lowest BCUT2D eigenvalue weighted by Crippen LogP contribution is -2.47. The third-order valence-corrected chi connectivity index (χ3v) is 4.43. The van der Waals surface area contributed by atoms with Crippen LogP contribution in [0.2, 0.25) is 0 Å². The molecule has 25 heavy (non-hydrogen) atoms. The van der Waals surface area contributed by atoms with Gasteiger partial charge in [0.2, 0.25) is 0 Å². The maximum absolute atomic E-state index is 12.0. The van der Waals surface area contributed by atoms with Gasteiger partial charge in [0, 0.05) is 11.8 Å². The van der Waals surface area contributed by atoms with Gasteiger partial charge in [-0.15, -0.1) is 0 Å².